The van der Waals surface area contributed by atoms with Crippen LogP contribution in [0.3, 0.4) is 0 Å². The van der Waals surface area contributed by atoms with E-state index >= 15 is 0 Å². The summed E-state index contributed by atoms with van der Waals surface area (Å²) in [4.78, 5) is 12.6. The molecule has 1 saturated carbocycles. The van der Waals surface area contributed by atoms with Crippen molar-refractivity contribution in [3.8, 4) is 17.6 Å². The zero-order chi connectivity index (χ0) is 14.0. The van der Waals surface area contributed by atoms with E-state index in [1.54, 1.807) is 19.2 Å². The maximum absolute atomic E-state index is 12.6. The number of rotatable bonds is 4. The average molecular weight is 259 g/mol. The largest absolute Gasteiger partial charge is 0.496 e. The Morgan fingerprint density at radius 2 is 2.00 bits per heavy atom. The molecule has 100 valence electrons. The van der Waals surface area contributed by atoms with Crippen LogP contribution in [0.5, 0.6) is 11.5 Å². The highest BCUT2D eigenvalue weighted by molar-refractivity contribution is 6.05. The molecule has 0 aromatic heterocycles. The maximum Gasteiger partial charge on any atom is 0.186 e. The van der Waals surface area contributed by atoms with E-state index in [4.69, 9.17) is 9.47 Å². The zero-order valence-corrected chi connectivity index (χ0v) is 11.4. The molecule has 0 unspecified atom stereocenters. The van der Waals surface area contributed by atoms with Gasteiger partial charge >= 0.3 is 0 Å². The summed E-state index contributed by atoms with van der Waals surface area (Å²) < 4.78 is 10.6. The van der Waals surface area contributed by atoms with Crippen molar-refractivity contribution in [1.82, 2.24) is 0 Å². The molecule has 0 spiro atoms. The van der Waals surface area contributed by atoms with E-state index in [9.17, 15) is 10.1 Å². The fraction of sp³-hybridized carbons (Fsp3) is 0.467. The minimum absolute atomic E-state index is 0.135. The first-order valence-electron chi connectivity index (χ1n) is 6.27. The number of nitrogens with zero attached hydrogens (tertiary/aromatic N) is 1. The molecule has 4 nitrogen and oxygen atoms in total. The Labute approximate surface area is 112 Å². The zero-order valence-electron chi connectivity index (χ0n) is 11.4. The second-order valence-corrected chi connectivity index (χ2v) is 4.85. The molecule has 0 saturated heterocycles. The molecule has 0 heterocycles. The number of carbonyl (C=O) groups excluding carboxylic acids is 1. The summed E-state index contributed by atoms with van der Waals surface area (Å²) >= 11 is 0. The van der Waals surface area contributed by atoms with E-state index in [2.05, 4.69) is 6.07 Å². The van der Waals surface area contributed by atoms with E-state index < -0.39 is 5.41 Å². The van der Waals surface area contributed by atoms with E-state index in [1.165, 1.54) is 7.11 Å². The van der Waals surface area contributed by atoms with Crippen molar-refractivity contribution >= 4 is 5.78 Å². The van der Waals surface area contributed by atoms with Gasteiger partial charge in [0.2, 0.25) is 0 Å². The molecule has 4 heteroatoms. The summed E-state index contributed by atoms with van der Waals surface area (Å²) in [5.41, 5.74) is 0.402. The predicted octanol–water partition coefficient (Wildman–Crippen LogP) is 2.89. The summed E-state index contributed by atoms with van der Waals surface area (Å²) in [6.45, 7) is 1.84. The number of hydrogen-bond donors (Lipinski definition) is 0. The number of benzene rings is 1. The monoisotopic (exact) mass is 259 g/mol. The molecule has 0 radical (unpaired) electrons. The Morgan fingerprint density at radius 1 is 1.32 bits per heavy atom. The topological polar surface area (TPSA) is 59.3 Å². The predicted molar refractivity (Wildman–Crippen MR) is 70.5 cm³/mol. The molecule has 2 rings (SSSR count). The van der Waals surface area contributed by atoms with Crippen LogP contribution in [0.2, 0.25) is 0 Å². The van der Waals surface area contributed by atoms with Crippen LogP contribution in [-0.4, -0.2) is 20.0 Å². The fourth-order valence-corrected chi connectivity index (χ4v) is 2.51. The van der Waals surface area contributed by atoms with Gasteiger partial charge in [0.1, 0.15) is 16.9 Å². The Kier molecular flexibility index (Phi) is 3.48. The van der Waals surface area contributed by atoms with Gasteiger partial charge in [-0.15, -0.1) is 0 Å². The number of Topliss-reactive ketones (excluding diaryl/α,β-unsaturated/α-hetero) is 1. The molecule has 0 N–H and O–H groups in total. The van der Waals surface area contributed by atoms with Gasteiger partial charge in [0.05, 0.1) is 25.9 Å². The van der Waals surface area contributed by atoms with E-state index in [1.807, 2.05) is 6.92 Å². The first-order chi connectivity index (χ1) is 9.09. The minimum atomic E-state index is -0.853. The molecule has 1 aliphatic rings. The van der Waals surface area contributed by atoms with Gasteiger partial charge in [-0.05, 0) is 38.3 Å². The number of hydrogen-bond acceptors (Lipinski definition) is 4. The summed E-state index contributed by atoms with van der Waals surface area (Å²) in [5, 5.41) is 9.27. The van der Waals surface area contributed by atoms with Gasteiger partial charge in [0, 0.05) is 5.56 Å². The van der Waals surface area contributed by atoms with Crippen molar-refractivity contribution in [3.63, 3.8) is 0 Å². The standard InChI is InChI=1S/C15H17NO3/c1-10-12(18-2)6-5-11(13(10)19-3)14(17)15(9-16)7-4-8-15/h5-6H,4,7-8H2,1-3H3. The van der Waals surface area contributed by atoms with Crippen LogP contribution in [0.1, 0.15) is 35.2 Å². The summed E-state index contributed by atoms with van der Waals surface area (Å²) in [7, 11) is 3.10. The van der Waals surface area contributed by atoms with Crippen LogP contribution in [0, 0.1) is 23.7 Å². The van der Waals surface area contributed by atoms with Crippen LogP contribution >= 0.6 is 0 Å². The third-order valence-corrected chi connectivity index (χ3v) is 3.88. The highest BCUT2D eigenvalue weighted by atomic mass is 16.5. The van der Waals surface area contributed by atoms with Gasteiger partial charge in [-0.2, -0.15) is 5.26 Å². The molecule has 0 aliphatic heterocycles. The van der Waals surface area contributed by atoms with Crippen LogP contribution in [0.15, 0.2) is 12.1 Å². The second kappa shape index (κ2) is 4.93. The summed E-state index contributed by atoms with van der Waals surface area (Å²) in [6, 6.07) is 5.61. The summed E-state index contributed by atoms with van der Waals surface area (Å²) in [5.74, 6) is 1.04. The van der Waals surface area contributed by atoms with Crippen LogP contribution < -0.4 is 9.47 Å². The number of nitriles is 1. The molecule has 1 aromatic carbocycles. The van der Waals surface area contributed by atoms with Gasteiger partial charge in [-0.25, -0.2) is 0 Å². The second-order valence-electron chi connectivity index (χ2n) is 4.85. The Morgan fingerprint density at radius 3 is 2.42 bits per heavy atom. The van der Waals surface area contributed by atoms with Crippen molar-refractivity contribution in [1.29, 1.82) is 5.26 Å². The molecule has 19 heavy (non-hydrogen) atoms. The highest BCUT2D eigenvalue weighted by Gasteiger charge is 2.45. The molecule has 1 aliphatic carbocycles. The first-order valence-corrected chi connectivity index (χ1v) is 6.27. The molecule has 0 atom stereocenters. The lowest BCUT2D eigenvalue weighted by Gasteiger charge is -2.34. The van der Waals surface area contributed by atoms with Crippen molar-refractivity contribution in [2.24, 2.45) is 5.41 Å². The molecule has 0 bridgehead atoms. The molecule has 1 aromatic rings. The lowest BCUT2D eigenvalue weighted by molar-refractivity contribution is 0.0745. The lowest BCUT2D eigenvalue weighted by atomic mass is 9.65. The lowest BCUT2D eigenvalue weighted by Crippen LogP contribution is -2.36. The molecular weight excluding hydrogens is 242 g/mol. The molecule has 1 fully saturated rings. The Hall–Kier alpha value is -2.02. The van der Waals surface area contributed by atoms with Crippen LogP contribution in [-0.2, 0) is 0 Å². The number of ether oxygens (including phenoxy) is 2. The third-order valence-electron chi connectivity index (χ3n) is 3.88. The van der Waals surface area contributed by atoms with Gasteiger partial charge in [0.25, 0.3) is 0 Å². The highest BCUT2D eigenvalue weighted by Crippen LogP contribution is 2.45. The van der Waals surface area contributed by atoms with Crippen LogP contribution in [0.4, 0.5) is 0 Å². The van der Waals surface area contributed by atoms with Crippen molar-refractivity contribution in [2.45, 2.75) is 26.2 Å². The van der Waals surface area contributed by atoms with E-state index in [0.29, 0.717) is 29.9 Å². The maximum atomic E-state index is 12.6. The summed E-state index contributed by atoms with van der Waals surface area (Å²) in [6.07, 6.45) is 2.20. The van der Waals surface area contributed by atoms with Gasteiger partial charge in [-0.1, -0.05) is 0 Å². The first kappa shape index (κ1) is 13.4. The molecular formula is C15H17NO3. The third kappa shape index (κ3) is 1.95. The SMILES string of the molecule is COc1ccc(C(=O)C2(C#N)CCC2)c(OC)c1C. The van der Waals surface area contributed by atoms with Gasteiger partial charge < -0.3 is 9.47 Å². The quantitative estimate of drug-likeness (QED) is 0.780. The number of methoxy groups -OCH3 is 2. The number of ketones is 1. The smallest absolute Gasteiger partial charge is 0.186 e. The normalized spacial score (nSPS) is 16.1. The number of carbonyl (C=O) groups is 1. The fourth-order valence-electron chi connectivity index (χ4n) is 2.51. The van der Waals surface area contributed by atoms with E-state index in [-0.39, 0.29) is 5.78 Å². The average Bonchev–Trinajstić information content (AvgIpc) is 2.37. The Balaban J connectivity index is 2.49. The van der Waals surface area contributed by atoms with Crippen molar-refractivity contribution in [3.05, 3.63) is 23.3 Å². The van der Waals surface area contributed by atoms with Gasteiger partial charge in [0.15, 0.2) is 5.78 Å². The van der Waals surface area contributed by atoms with Crippen molar-refractivity contribution in [2.75, 3.05) is 14.2 Å². The minimum Gasteiger partial charge on any atom is -0.496 e. The van der Waals surface area contributed by atoms with Gasteiger partial charge in [-0.3, -0.25) is 4.79 Å². The van der Waals surface area contributed by atoms with E-state index in [0.717, 1.165) is 12.0 Å². The Bertz CT molecular complexity index is 553. The molecule has 0 amide bonds. The van der Waals surface area contributed by atoms with Crippen LogP contribution in [0.25, 0.3) is 0 Å². The van der Waals surface area contributed by atoms with Crippen molar-refractivity contribution < 1.29 is 14.3 Å².